The highest BCUT2D eigenvalue weighted by Crippen LogP contribution is 2.27. The maximum absolute atomic E-state index is 12.1. The number of carbonyl (C=O) groups is 1. The molecule has 7 heteroatoms. The summed E-state index contributed by atoms with van der Waals surface area (Å²) in [5, 5.41) is 6.22. The first kappa shape index (κ1) is 17.9. The Morgan fingerprint density at radius 3 is 3.00 bits per heavy atom. The molecular weight excluding hydrogens is 354 g/mol. The number of hydrogen-bond acceptors (Lipinski definition) is 6. The largest absolute Gasteiger partial charge is 0.431 e. The van der Waals surface area contributed by atoms with E-state index >= 15 is 0 Å². The minimum Gasteiger partial charge on any atom is -0.431 e. The van der Waals surface area contributed by atoms with Crippen LogP contribution in [0, 0.1) is 12.8 Å². The monoisotopic (exact) mass is 375 g/mol. The fraction of sp³-hybridized carbons (Fsp3) is 0.389. The molecule has 0 saturated carbocycles. The predicted molar refractivity (Wildman–Crippen MR) is 102 cm³/mol. The Balaban J connectivity index is 1.56. The molecule has 2 heterocycles. The molecule has 0 bridgehead atoms. The van der Waals surface area contributed by atoms with Crippen molar-refractivity contribution < 1.29 is 9.21 Å². The van der Waals surface area contributed by atoms with Crippen LogP contribution in [-0.4, -0.2) is 22.4 Å². The van der Waals surface area contributed by atoms with E-state index in [-0.39, 0.29) is 5.91 Å². The second-order valence-electron chi connectivity index (χ2n) is 6.30. The van der Waals surface area contributed by atoms with Gasteiger partial charge in [-0.2, -0.15) is 0 Å². The molecule has 1 amide bonds. The van der Waals surface area contributed by atoms with Crippen LogP contribution in [-0.2, 0) is 5.75 Å². The number of aryl methyl sites for hydroxylation is 1. The highest BCUT2D eigenvalue weighted by atomic mass is 32.2. The maximum Gasteiger partial charge on any atom is 0.270 e. The van der Waals surface area contributed by atoms with Crippen molar-refractivity contribution in [3.63, 3.8) is 0 Å². The molecule has 0 aliphatic heterocycles. The van der Waals surface area contributed by atoms with Crippen LogP contribution >= 0.6 is 23.1 Å². The van der Waals surface area contributed by atoms with E-state index in [2.05, 4.69) is 29.1 Å². The number of aromatic nitrogens is 2. The van der Waals surface area contributed by atoms with Crippen LogP contribution < -0.4 is 5.32 Å². The molecule has 2 aromatic heterocycles. The molecule has 1 aromatic carbocycles. The Bertz CT molecular complexity index is 870. The lowest BCUT2D eigenvalue weighted by molar-refractivity contribution is 0.0947. The van der Waals surface area contributed by atoms with Gasteiger partial charge in [0.05, 0.1) is 5.75 Å². The molecular formula is C18H21N3O2S2. The molecule has 0 unspecified atom stereocenters. The fourth-order valence-electron chi connectivity index (χ4n) is 2.25. The molecule has 0 aliphatic carbocycles. The van der Waals surface area contributed by atoms with Crippen molar-refractivity contribution in [2.45, 2.75) is 38.2 Å². The molecule has 5 nitrogen and oxygen atoms in total. The van der Waals surface area contributed by atoms with Gasteiger partial charge in [0.25, 0.3) is 11.1 Å². The minimum absolute atomic E-state index is 0.106. The predicted octanol–water partition coefficient (Wildman–Crippen LogP) is 4.66. The van der Waals surface area contributed by atoms with Gasteiger partial charge in [0.15, 0.2) is 5.58 Å². The lowest BCUT2D eigenvalue weighted by Gasteiger charge is -2.05. The molecule has 0 fully saturated rings. The van der Waals surface area contributed by atoms with E-state index in [4.69, 9.17) is 4.42 Å². The van der Waals surface area contributed by atoms with E-state index in [9.17, 15) is 4.79 Å². The van der Waals surface area contributed by atoms with E-state index in [1.165, 1.54) is 23.1 Å². The van der Waals surface area contributed by atoms with E-state index < -0.39 is 0 Å². The van der Waals surface area contributed by atoms with E-state index in [0.29, 0.717) is 29.1 Å². The number of amides is 1. The molecule has 25 heavy (non-hydrogen) atoms. The average Bonchev–Trinajstić information content (AvgIpc) is 3.18. The fourth-order valence-corrected chi connectivity index (χ4v) is 3.88. The van der Waals surface area contributed by atoms with Crippen LogP contribution in [0.2, 0.25) is 0 Å². The molecule has 132 valence electrons. The van der Waals surface area contributed by atoms with Crippen molar-refractivity contribution in [1.29, 1.82) is 0 Å². The highest BCUT2D eigenvalue weighted by molar-refractivity contribution is 7.98. The first-order valence-electron chi connectivity index (χ1n) is 8.24. The summed E-state index contributed by atoms with van der Waals surface area (Å²) in [4.78, 5) is 20.9. The van der Waals surface area contributed by atoms with Crippen LogP contribution in [0.5, 0.6) is 0 Å². The topological polar surface area (TPSA) is 68.0 Å². The minimum atomic E-state index is -0.106. The molecule has 0 saturated heterocycles. The molecule has 0 atom stereocenters. The zero-order valence-corrected chi connectivity index (χ0v) is 16.2. The lowest BCUT2D eigenvalue weighted by atomic mass is 10.1. The zero-order chi connectivity index (χ0) is 17.8. The van der Waals surface area contributed by atoms with Gasteiger partial charge < -0.3 is 9.73 Å². The summed E-state index contributed by atoms with van der Waals surface area (Å²) in [6, 6.07) is 5.95. The van der Waals surface area contributed by atoms with E-state index in [0.717, 1.165) is 28.1 Å². The van der Waals surface area contributed by atoms with Crippen LogP contribution in [0.25, 0.3) is 11.1 Å². The number of rotatable bonds is 7. The van der Waals surface area contributed by atoms with E-state index in [1.807, 2.05) is 25.1 Å². The smallest absolute Gasteiger partial charge is 0.270 e. The molecule has 1 N–H and O–H groups in total. The molecule has 0 aliphatic rings. The number of oxazole rings is 1. The van der Waals surface area contributed by atoms with Crippen molar-refractivity contribution in [2.75, 3.05) is 6.54 Å². The lowest BCUT2D eigenvalue weighted by Crippen LogP contribution is -2.25. The first-order chi connectivity index (χ1) is 12.0. The molecule has 3 rings (SSSR count). The Labute approximate surface area is 155 Å². The Morgan fingerprint density at radius 2 is 2.20 bits per heavy atom. The third kappa shape index (κ3) is 4.83. The Hall–Kier alpha value is -1.86. The van der Waals surface area contributed by atoms with E-state index in [1.54, 1.807) is 5.38 Å². The second kappa shape index (κ2) is 8.01. The van der Waals surface area contributed by atoms with Gasteiger partial charge in [-0.15, -0.1) is 11.3 Å². The molecule has 0 radical (unpaired) electrons. The third-order valence-corrected chi connectivity index (χ3v) is 5.51. The number of thioether (sulfide) groups is 1. The normalized spacial score (nSPS) is 11.4. The summed E-state index contributed by atoms with van der Waals surface area (Å²) in [5.41, 5.74) is 3.30. The molecule has 3 aromatic rings. The quantitative estimate of drug-likeness (QED) is 0.608. The van der Waals surface area contributed by atoms with Gasteiger partial charge in [-0.1, -0.05) is 31.7 Å². The summed E-state index contributed by atoms with van der Waals surface area (Å²) in [7, 11) is 0. The van der Waals surface area contributed by atoms with Gasteiger partial charge in [-0.05, 0) is 37.0 Å². The van der Waals surface area contributed by atoms with Crippen molar-refractivity contribution in [2.24, 2.45) is 5.92 Å². The molecule has 0 spiro atoms. The van der Waals surface area contributed by atoms with Crippen LogP contribution in [0.3, 0.4) is 0 Å². The number of fused-ring (bicyclic) bond motifs is 1. The van der Waals surface area contributed by atoms with Crippen LogP contribution in [0.15, 0.2) is 33.2 Å². The maximum atomic E-state index is 12.1. The number of thiazole rings is 1. The van der Waals surface area contributed by atoms with Crippen molar-refractivity contribution in [3.05, 3.63) is 39.8 Å². The van der Waals surface area contributed by atoms with Crippen molar-refractivity contribution in [3.8, 4) is 0 Å². The summed E-state index contributed by atoms with van der Waals surface area (Å²) >= 11 is 2.97. The summed E-state index contributed by atoms with van der Waals surface area (Å²) in [6.45, 7) is 6.99. The van der Waals surface area contributed by atoms with Gasteiger partial charge >= 0.3 is 0 Å². The SMILES string of the molecule is Cc1ccc2oc(SCc3nc(C(=O)NCCC(C)C)cs3)nc2c1. The van der Waals surface area contributed by atoms with Crippen molar-refractivity contribution in [1.82, 2.24) is 15.3 Å². The van der Waals surface area contributed by atoms with Crippen molar-refractivity contribution >= 4 is 40.1 Å². The second-order valence-corrected chi connectivity index (χ2v) is 8.17. The first-order valence-corrected chi connectivity index (χ1v) is 10.1. The van der Waals surface area contributed by atoms with Gasteiger partial charge in [0.1, 0.15) is 16.2 Å². The standard InChI is InChI=1S/C18H21N3O2S2/c1-11(2)6-7-19-17(22)14-9-24-16(20-14)10-25-18-21-13-8-12(3)4-5-15(13)23-18/h4-5,8-9,11H,6-7,10H2,1-3H3,(H,19,22). The number of hydrogen-bond donors (Lipinski definition) is 1. The number of nitrogens with one attached hydrogen (secondary N) is 1. The average molecular weight is 376 g/mol. The number of nitrogens with zero attached hydrogens (tertiary/aromatic N) is 2. The van der Waals surface area contributed by atoms with Gasteiger partial charge in [-0.25, -0.2) is 9.97 Å². The van der Waals surface area contributed by atoms with Crippen LogP contribution in [0.4, 0.5) is 0 Å². The highest BCUT2D eigenvalue weighted by Gasteiger charge is 2.12. The third-order valence-electron chi connectivity index (χ3n) is 3.63. The summed E-state index contributed by atoms with van der Waals surface area (Å²) in [6.07, 6.45) is 0.968. The summed E-state index contributed by atoms with van der Waals surface area (Å²) in [5.74, 6) is 1.10. The summed E-state index contributed by atoms with van der Waals surface area (Å²) < 4.78 is 5.72. The van der Waals surface area contributed by atoms with Gasteiger partial charge in [-0.3, -0.25) is 4.79 Å². The van der Waals surface area contributed by atoms with Gasteiger partial charge in [0.2, 0.25) is 0 Å². The van der Waals surface area contributed by atoms with Gasteiger partial charge in [0, 0.05) is 11.9 Å². The number of carbonyl (C=O) groups excluding carboxylic acids is 1. The zero-order valence-electron chi connectivity index (χ0n) is 14.5. The number of benzene rings is 1. The van der Waals surface area contributed by atoms with Crippen LogP contribution in [0.1, 0.15) is 41.3 Å². The Kier molecular flexibility index (Phi) is 5.75. The Morgan fingerprint density at radius 1 is 1.36 bits per heavy atom.